The van der Waals surface area contributed by atoms with Crippen molar-refractivity contribution in [2.24, 2.45) is 0 Å². The molecule has 142 valence electrons. The molecule has 0 aliphatic carbocycles. The number of amides is 1. The molecule has 1 atom stereocenters. The summed E-state index contributed by atoms with van der Waals surface area (Å²) in [5.41, 5.74) is 4.04. The van der Waals surface area contributed by atoms with Crippen LogP contribution in [-0.4, -0.2) is 20.7 Å². The predicted octanol–water partition coefficient (Wildman–Crippen LogP) is 5.69. The van der Waals surface area contributed by atoms with Gasteiger partial charge in [0.05, 0.1) is 11.0 Å². The van der Waals surface area contributed by atoms with Crippen LogP contribution in [0, 0.1) is 0 Å². The van der Waals surface area contributed by atoms with Crippen LogP contribution in [0.1, 0.15) is 45.6 Å². The second-order valence-corrected chi connectivity index (χ2v) is 8.66. The summed E-state index contributed by atoms with van der Waals surface area (Å²) in [4.78, 5) is 17.4. The number of carbonyl (C=O) groups excluding carboxylic acids is 1. The first-order chi connectivity index (χ1) is 13.0. The van der Waals surface area contributed by atoms with Crippen LogP contribution >= 0.6 is 11.8 Å². The standard InChI is InChI=1S/C22H27N3OS/c1-5-16(4)17-10-12-18(13-11-17)23-21(26)14-25-20-9-7-6-8-19(20)24-22(25)27-15(2)3/h6-13,15-16H,5,14H2,1-4H3,(H,23,26)/t16-/m0/s1. The zero-order chi connectivity index (χ0) is 19.4. The van der Waals surface area contributed by atoms with Gasteiger partial charge in [-0.25, -0.2) is 4.98 Å². The van der Waals surface area contributed by atoms with E-state index in [4.69, 9.17) is 4.98 Å². The third-order valence-corrected chi connectivity index (χ3v) is 5.63. The molecule has 0 saturated carbocycles. The summed E-state index contributed by atoms with van der Waals surface area (Å²) in [6, 6.07) is 16.1. The van der Waals surface area contributed by atoms with Gasteiger partial charge in [-0.15, -0.1) is 0 Å². The highest BCUT2D eigenvalue weighted by Crippen LogP contribution is 2.27. The highest BCUT2D eigenvalue weighted by atomic mass is 32.2. The summed E-state index contributed by atoms with van der Waals surface area (Å²) >= 11 is 1.68. The molecule has 1 heterocycles. The largest absolute Gasteiger partial charge is 0.325 e. The molecule has 0 aliphatic rings. The number of fused-ring (bicyclic) bond motifs is 1. The van der Waals surface area contributed by atoms with Crippen LogP contribution in [0.5, 0.6) is 0 Å². The van der Waals surface area contributed by atoms with Crippen LogP contribution in [0.2, 0.25) is 0 Å². The number of anilines is 1. The van der Waals surface area contributed by atoms with E-state index in [0.717, 1.165) is 28.3 Å². The number of para-hydroxylation sites is 2. The highest BCUT2D eigenvalue weighted by Gasteiger charge is 2.15. The Morgan fingerprint density at radius 1 is 1.11 bits per heavy atom. The van der Waals surface area contributed by atoms with Gasteiger partial charge in [0.1, 0.15) is 6.54 Å². The van der Waals surface area contributed by atoms with Gasteiger partial charge in [0, 0.05) is 10.9 Å². The van der Waals surface area contributed by atoms with Crippen molar-refractivity contribution < 1.29 is 4.79 Å². The maximum absolute atomic E-state index is 12.7. The molecular formula is C22H27N3OS. The first kappa shape index (κ1) is 19.5. The Kier molecular flexibility index (Phi) is 6.22. The van der Waals surface area contributed by atoms with Gasteiger partial charge in [0.25, 0.3) is 0 Å². The molecule has 0 unspecified atom stereocenters. The third kappa shape index (κ3) is 4.72. The molecule has 2 aromatic carbocycles. The Balaban J connectivity index is 1.77. The zero-order valence-corrected chi connectivity index (χ0v) is 17.2. The fraction of sp³-hybridized carbons (Fsp3) is 0.364. The SMILES string of the molecule is CC[C@H](C)c1ccc(NC(=O)Cn2c(SC(C)C)nc3ccccc32)cc1. The van der Waals surface area contributed by atoms with Crippen molar-refractivity contribution in [1.29, 1.82) is 0 Å². The maximum Gasteiger partial charge on any atom is 0.244 e. The summed E-state index contributed by atoms with van der Waals surface area (Å²) < 4.78 is 2.00. The first-order valence-corrected chi connectivity index (χ1v) is 10.4. The zero-order valence-electron chi connectivity index (χ0n) is 16.4. The summed E-state index contributed by atoms with van der Waals surface area (Å²) in [5, 5.41) is 4.30. The quantitative estimate of drug-likeness (QED) is 0.535. The van der Waals surface area contributed by atoms with E-state index in [1.807, 2.05) is 41.0 Å². The van der Waals surface area contributed by atoms with E-state index in [1.54, 1.807) is 11.8 Å². The van der Waals surface area contributed by atoms with Gasteiger partial charge in [-0.1, -0.05) is 63.7 Å². The molecular weight excluding hydrogens is 354 g/mol. The van der Waals surface area contributed by atoms with Gasteiger partial charge in [-0.3, -0.25) is 4.79 Å². The van der Waals surface area contributed by atoms with Crippen LogP contribution in [0.25, 0.3) is 11.0 Å². The number of imidazole rings is 1. The molecule has 0 saturated heterocycles. The number of benzene rings is 2. The number of hydrogen-bond donors (Lipinski definition) is 1. The number of rotatable bonds is 7. The lowest BCUT2D eigenvalue weighted by Gasteiger charge is -2.12. The highest BCUT2D eigenvalue weighted by molar-refractivity contribution is 7.99. The topological polar surface area (TPSA) is 46.9 Å². The summed E-state index contributed by atoms with van der Waals surface area (Å²) in [5.74, 6) is 0.489. The lowest BCUT2D eigenvalue weighted by atomic mass is 9.99. The Hall–Kier alpha value is -2.27. The molecule has 0 fully saturated rings. The monoisotopic (exact) mass is 381 g/mol. The van der Waals surface area contributed by atoms with E-state index < -0.39 is 0 Å². The molecule has 3 rings (SSSR count). The Morgan fingerprint density at radius 3 is 2.48 bits per heavy atom. The third-order valence-electron chi connectivity index (χ3n) is 4.64. The van der Waals surface area contributed by atoms with Crippen LogP contribution in [0.4, 0.5) is 5.69 Å². The fourth-order valence-electron chi connectivity index (χ4n) is 2.98. The molecule has 27 heavy (non-hydrogen) atoms. The van der Waals surface area contributed by atoms with Crippen LogP contribution < -0.4 is 5.32 Å². The molecule has 0 bridgehead atoms. The van der Waals surface area contributed by atoms with Crippen LogP contribution in [0.3, 0.4) is 0 Å². The lowest BCUT2D eigenvalue weighted by molar-refractivity contribution is -0.116. The van der Waals surface area contributed by atoms with E-state index in [1.165, 1.54) is 5.56 Å². The summed E-state index contributed by atoms with van der Waals surface area (Å²) in [6.45, 7) is 8.91. The molecule has 4 nitrogen and oxygen atoms in total. The van der Waals surface area contributed by atoms with E-state index in [9.17, 15) is 4.79 Å². The van der Waals surface area contributed by atoms with Crippen molar-refractivity contribution in [3.05, 3.63) is 54.1 Å². The van der Waals surface area contributed by atoms with Crippen LogP contribution in [0.15, 0.2) is 53.7 Å². The Labute approximate surface area is 165 Å². The lowest BCUT2D eigenvalue weighted by Crippen LogP contribution is -2.19. The summed E-state index contributed by atoms with van der Waals surface area (Å²) in [7, 11) is 0. The average molecular weight is 382 g/mol. The number of thioether (sulfide) groups is 1. The molecule has 0 aliphatic heterocycles. The van der Waals surface area contributed by atoms with Gasteiger partial charge in [-0.2, -0.15) is 0 Å². The van der Waals surface area contributed by atoms with Crippen molar-refractivity contribution in [3.63, 3.8) is 0 Å². The van der Waals surface area contributed by atoms with Gasteiger partial charge in [0.15, 0.2) is 5.16 Å². The second kappa shape index (κ2) is 8.61. The summed E-state index contributed by atoms with van der Waals surface area (Å²) in [6.07, 6.45) is 1.11. The van der Waals surface area contributed by atoms with Gasteiger partial charge in [-0.05, 0) is 42.2 Å². The normalized spacial score (nSPS) is 12.5. The number of aromatic nitrogens is 2. The number of carbonyl (C=O) groups is 1. The minimum atomic E-state index is -0.0416. The van der Waals surface area contributed by atoms with Crippen molar-refractivity contribution in [2.45, 2.75) is 57.0 Å². The van der Waals surface area contributed by atoms with Crippen molar-refractivity contribution >= 4 is 34.4 Å². The molecule has 3 aromatic rings. The predicted molar refractivity (Wildman–Crippen MR) is 115 cm³/mol. The Bertz CT molecular complexity index is 915. The molecule has 0 spiro atoms. The average Bonchev–Trinajstić information content (AvgIpc) is 2.98. The molecule has 5 heteroatoms. The fourth-order valence-corrected chi connectivity index (χ4v) is 3.84. The smallest absolute Gasteiger partial charge is 0.244 e. The van der Waals surface area contributed by atoms with E-state index in [2.05, 4.69) is 45.1 Å². The van der Waals surface area contributed by atoms with Gasteiger partial charge >= 0.3 is 0 Å². The number of nitrogens with one attached hydrogen (secondary N) is 1. The number of nitrogens with zero attached hydrogens (tertiary/aromatic N) is 2. The number of hydrogen-bond acceptors (Lipinski definition) is 3. The van der Waals surface area contributed by atoms with E-state index in [0.29, 0.717) is 11.2 Å². The van der Waals surface area contributed by atoms with Crippen molar-refractivity contribution in [2.75, 3.05) is 5.32 Å². The molecule has 1 N–H and O–H groups in total. The van der Waals surface area contributed by atoms with Crippen molar-refractivity contribution in [1.82, 2.24) is 9.55 Å². The van der Waals surface area contributed by atoms with Crippen LogP contribution in [-0.2, 0) is 11.3 Å². The minimum absolute atomic E-state index is 0.0416. The second-order valence-electron chi connectivity index (χ2n) is 7.12. The first-order valence-electron chi connectivity index (χ1n) is 9.49. The van der Waals surface area contributed by atoms with Crippen molar-refractivity contribution in [3.8, 4) is 0 Å². The van der Waals surface area contributed by atoms with Gasteiger partial charge < -0.3 is 9.88 Å². The van der Waals surface area contributed by atoms with E-state index in [-0.39, 0.29) is 12.5 Å². The molecule has 1 amide bonds. The van der Waals surface area contributed by atoms with E-state index >= 15 is 0 Å². The molecule has 1 aromatic heterocycles. The van der Waals surface area contributed by atoms with Gasteiger partial charge in [0.2, 0.25) is 5.91 Å². The maximum atomic E-state index is 12.7. The molecule has 0 radical (unpaired) electrons. The minimum Gasteiger partial charge on any atom is -0.325 e. The Morgan fingerprint density at radius 2 is 1.81 bits per heavy atom.